The molecule has 0 aromatic rings. The van der Waals surface area contributed by atoms with Crippen molar-refractivity contribution in [2.45, 2.75) is 96.2 Å². The molecule has 0 saturated carbocycles. The average Bonchev–Trinajstić information content (AvgIpc) is 3.30. The molecule has 0 aliphatic carbocycles. The summed E-state index contributed by atoms with van der Waals surface area (Å²) in [4.78, 5) is 34.1. The Morgan fingerprint density at radius 2 is 1.17 bits per heavy atom. The first kappa shape index (κ1) is 19.8. The van der Waals surface area contributed by atoms with Gasteiger partial charge in [0.15, 0.2) is 11.6 Å². The van der Waals surface area contributed by atoms with E-state index in [4.69, 9.17) is 9.84 Å². The molecule has 132 valence electrons. The molecule has 1 N–H and O–H groups in total. The fraction of sp³-hybridized carbons (Fsp3) is 0.833. The number of ether oxygens (including phenoxy) is 1. The van der Waals surface area contributed by atoms with E-state index in [1.165, 1.54) is 0 Å². The van der Waals surface area contributed by atoms with Crippen molar-refractivity contribution >= 4 is 17.5 Å². The first-order chi connectivity index (χ1) is 11.1. The molecule has 23 heavy (non-hydrogen) atoms. The average molecular weight is 326 g/mol. The van der Waals surface area contributed by atoms with Gasteiger partial charge in [0.25, 0.3) is 0 Å². The van der Waals surface area contributed by atoms with Crippen LogP contribution in [0.1, 0.15) is 84.0 Å². The predicted octanol–water partition coefficient (Wildman–Crippen LogP) is 3.68. The lowest BCUT2D eigenvalue weighted by Crippen LogP contribution is -2.16. The number of carboxylic acid groups (broad SMARTS) is 1. The van der Waals surface area contributed by atoms with Gasteiger partial charge in [-0.1, -0.05) is 45.4 Å². The van der Waals surface area contributed by atoms with Gasteiger partial charge < -0.3 is 9.84 Å². The lowest BCUT2D eigenvalue weighted by atomic mass is 10.0. The Kier molecular flexibility index (Phi) is 9.76. The highest BCUT2D eigenvalue weighted by Crippen LogP contribution is 2.27. The highest BCUT2D eigenvalue weighted by Gasteiger charge is 2.48. The largest absolute Gasteiger partial charge is 0.481 e. The molecule has 1 fully saturated rings. The molecule has 0 amide bonds. The van der Waals surface area contributed by atoms with Gasteiger partial charge in [0, 0.05) is 19.3 Å². The Hall–Kier alpha value is -1.23. The quantitative estimate of drug-likeness (QED) is 0.366. The summed E-state index contributed by atoms with van der Waals surface area (Å²) in [6.45, 7) is 2.13. The van der Waals surface area contributed by atoms with E-state index in [2.05, 4.69) is 6.92 Å². The zero-order valence-electron chi connectivity index (χ0n) is 14.2. The number of epoxide rings is 1. The summed E-state index contributed by atoms with van der Waals surface area (Å²) in [5.74, 6) is -0.632. The lowest BCUT2D eigenvalue weighted by molar-refractivity contribution is -0.137. The maximum Gasteiger partial charge on any atom is 0.303 e. The lowest BCUT2D eigenvalue weighted by Gasteiger charge is -2.00. The maximum absolute atomic E-state index is 11.9. The van der Waals surface area contributed by atoms with Crippen molar-refractivity contribution in [2.24, 2.45) is 0 Å². The zero-order chi connectivity index (χ0) is 17.1. The third-order valence-corrected chi connectivity index (χ3v) is 4.22. The van der Waals surface area contributed by atoms with Crippen molar-refractivity contribution in [1.82, 2.24) is 0 Å². The minimum Gasteiger partial charge on any atom is -0.481 e. The van der Waals surface area contributed by atoms with Crippen LogP contribution in [0.15, 0.2) is 0 Å². The van der Waals surface area contributed by atoms with E-state index in [0.29, 0.717) is 19.3 Å². The molecule has 0 bridgehead atoms. The molecule has 1 aliphatic heterocycles. The molecule has 1 rings (SSSR count). The van der Waals surface area contributed by atoms with Crippen molar-refractivity contribution in [2.75, 3.05) is 0 Å². The van der Waals surface area contributed by atoms with E-state index in [1.807, 2.05) is 0 Å². The van der Waals surface area contributed by atoms with E-state index in [1.54, 1.807) is 0 Å². The van der Waals surface area contributed by atoms with E-state index in [-0.39, 0.29) is 18.0 Å². The van der Waals surface area contributed by atoms with Crippen molar-refractivity contribution in [3.8, 4) is 0 Å². The summed E-state index contributed by atoms with van der Waals surface area (Å²) in [5, 5.41) is 8.52. The van der Waals surface area contributed by atoms with Crippen molar-refractivity contribution in [3.05, 3.63) is 0 Å². The normalized spacial score (nSPS) is 19.5. The monoisotopic (exact) mass is 326 g/mol. The van der Waals surface area contributed by atoms with Crippen LogP contribution in [0.2, 0.25) is 0 Å². The van der Waals surface area contributed by atoms with Crippen molar-refractivity contribution < 1.29 is 24.2 Å². The van der Waals surface area contributed by atoms with E-state index < -0.39 is 18.2 Å². The molecule has 0 aromatic heterocycles. The first-order valence-electron chi connectivity index (χ1n) is 8.99. The fourth-order valence-corrected chi connectivity index (χ4v) is 2.72. The predicted molar refractivity (Wildman–Crippen MR) is 87.4 cm³/mol. The molecule has 1 aliphatic rings. The summed E-state index contributed by atoms with van der Waals surface area (Å²) in [7, 11) is 0. The Balaban J connectivity index is 2.00. The standard InChI is InChI=1S/C18H30O5/c1-2-3-4-8-11-14(19)17-18(23-17)15(20)12-9-6-5-7-10-13-16(21)22/h17-18H,2-13H2,1H3,(H,21,22)/t17-,18+/m0/s1. The number of ketones is 2. The van der Waals surface area contributed by atoms with Crippen molar-refractivity contribution in [3.63, 3.8) is 0 Å². The number of hydrogen-bond donors (Lipinski definition) is 1. The van der Waals surface area contributed by atoms with Crippen LogP contribution in [-0.2, 0) is 19.1 Å². The summed E-state index contributed by atoms with van der Waals surface area (Å²) in [6, 6.07) is 0. The van der Waals surface area contributed by atoms with Crippen LogP contribution < -0.4 is 0 Å². The van der Waals surface area contributed by atoms with Gasteiger partial charge in [0.05, 0.1) is 0 Å². The molecule has 0 radical (unpaired) electrons. The summed E-state index contributed by atoms with van der Waals surface area (Å²) < 4.78 is 5.26. The molecule has 0 spiro atoms. The van der Waals surface area contributed by atoms with E-state index in [0.717, 1.165) is 51.4 Å². The van der Waals surface area contributed by atoms with Crippen LogP contribution in [0.25, 0.3) is 0 Å². The van der Waals surface area contributed by atoms with Gasteiger partial charge >= 0.3 is 5.97 Å². The van der Waals surface area contributed by atoms with Gasteiger partial charge in [-0.3, -0.25) is 14.4 Å². The number of unbranched alkanes of at least 4 members (excludes halogenated alkanes) is 7. The van der Waals surface area contributed by atoms with Crippen LogP contribution in [0.4, 0.5) is 0 Å². The second-order valence-electron chi connectivity index (χ2n) is 6.38. The molecule has 0 unspecified atom stereocenters. The van der Waals surface area contributed by atoms with Gasteiger partial charge in [-0.25, -0.2) is 0 Å². The molecule has 1 saturated heterocycles. The molecule has 2 atom stereocenters. The van der Waals surface area contributed by atoms with Crippen LogP contribution >= 0.6 is 0 Å². The SMILES string of the molecule is CCCCCCC(=O)[C@@H]1O[C@@H]1C(=O)CCCCCCCC(=O)O. The molecular formula is C18H30O5. The number of carbonyl (C=O) groups excluding carboxylic acids is 2. The highest BCUT2D eigenvalue weighted by atomic mass is 16.6. The summed E-state index contributed by atoms with van der Waals surface area (Å²) >= 11 is 0. The van der Waals surface area contributed by atoms with Crippen LogP contribution in [0.3, 0.4) is 0 Å². The molecular weight excluding hydrogens is 296 g/mol. The van der Waals surface area contributed by atoms with E-state index in [9.17, 15) is 14.4 Å². The van der Waals surface area contributed by atoms with Gasteiger partial charge in [-0.05, 0) is 19.3 Å². The van der Waals surface area contributed by atoms with E-state index >= 15 is 0 Å². The Morgan fingerprint density at radius 3 is 1.65 bits per heavy atom. The van der Waals surface area contributed by atoms with Gasteiger partial charge in [0.2, 0.25) is 0 Å². The minimum absolute atomic E-state index is 0.0439. The number of rotatable bonds is 15. The third-order valence-electron chi connectivity index (χ3n) is 4.22. The maximum atomic E-state index is 11.9. The van der Waals surface area contributed by atoms with Crippen LogP contribution in [0.5, 0.6) is 0 Å². The van der Waals surface area contributed by atoms with Crippen molar-refractivity contribution in [1.29, 1.82) is 0 Å². The topological polar surface area (TPSA) is 84.0 Å². The second-order valence-corrected chi connectivity index (χ2v) is 6.38. The number of carboxylic acids is 1. The Labute approximate surface area is 138 Å². The molecule has 5 heteroatoms. The molecule has 0 aromatic carbocycles. The second kappa shape index (κ2) is 11.3. The zero-order valence-corrected chi connectivity index (χ0v) is 14.2. The first-order valence-corrected chi connectivity index (χ1v) is 8.99. The summed E-state index contributed by atoms with van der Waals surface area (Å²) in [6.07, 6.45) is 8.75. The smallest absolute Gasteiger partial charge is 0.303 e. The Bertz CT molecular complexity index is 391. The highest BCUT2D eigenvalue weighted by molar-refractivity contribution is 5.96. The Morgan fingerprint density at radius 1 is 0.739 bits per heavy atom. The minimum atomic E-state index is -0.753. The molecule has 5 nitrogen and oxygen atoms in total. The third kappa shape index (κ3) is 8.84. The fourth-order valence-electron chi connectivity index (χ4n) is 2.72. The number of hydrogen-bond acceptors (Lipinski definition) is 4. The van der Waals surface area contributed by atoms with Gasteiger partial charge in [0.1, 0.15) is 12.2 Å². The van der Waals surface area contributed by atoms with Gasteiger partial charge in [-0.2, -0.15) is 0 Å². The summed E-state index contributed by atoms with van der Waals surface area (Å²) in [5.41, 5.74) is 0. The molecule has 1 heterocycles. The number of Topliss-reactive ketones (excluding diaryl/α,β-unsaturated/α-hetero) is 2. The van der Waals surface area contributed by atoms with Gasteiger partial charge in [-0.15, -0.1) is 0 Å². The number of aliphatic carboxylic acids is 1. The van der Waals surface area contributed by atoms with Crippen LogP contribution in [-0.4, -0.2) is 34.9 Å². The number of carbonyl (C=O) groups is 3. The van der Waals surface area contributed by atoms with Crippen LogP contribution in [0, 0.1) is 0 Å².